The zero-order valence-corrected chi connectivity index (χ0v) is 10.9. The van der Waals surface area contributed by atoms with Crippen molar-refractivity contribution in [3.63, 3.8) is 0 Å². The summed E-state index contributed by atoms with van der Waals surface area (Å²) in [6.45, 7) is 0.923. The third-order valence-electron chi connectivity index (χ3n) is 2.15. The molecule has 0 aliphatic carbocycles. The maximum Gasteiger partial charge on any atom is 0.225 e. The van der Waals surface area contributed by atoms with E-state index in [1.54, 1.807) is 11.3 Å². The highest BCUT2D eigenvalue weighted by molar-refractivity contribution is 7.98. The number of rotatable bonds is 5. The average Bonchev–Trinajstić information content (AvgIpc) is 2.77. The smallest absolute Gasteiger partial charge is 0.225 e. The zero-order valence-electron chi connectivity index (χ0n) is 9.28. The fourth-order valence-corrected chi connectivity index (χ4v) is 2.44. The summed E-state index contributed by atoms with van der Waals surface area (Å²) >= 11 is 3.45. The molecule has 0 aromatic carbocycles. The summed E-state index contributed by atoms with van der Waals surface area (Å²) in [5.41, 5.74) is 0. The van der Waals surface area contributed by atoms with Crippen LogP contribution in [0.2, 0.25) is 0 Å². The fourth-order valence-electron chi connectivity index (χ4n) is 1.37. The molecule has 0 radical (unpaired) electrons. The van der Waals surface area contributed by atoms with Gasteiger partial charge in [-0.1, -0.05) is 0 Å². The second kappa shape index (κ2) is 5.36. The van der Waals surface area contributed by atoms with Crippen LogP contribution in [0.4, 0.5) is 11.8 Å². The van der Waals surface area contributed by atoms with E-state index in [0.717, 1.165) is 28.3 Å². The van der Waals surface area contributed by atoms with Crippen molar-refractivity contribution in [3.05, 3.63) is 11.4 Å². The molecule has 0 aliphatic heterocycles. The van der Waals surface area contributed by atoms with Crippen LogP contribution in [0, 0.1) is 0 Å². The molecular weight excluding hydrogens is 240 g/mol. The maximum atomic E-state index is 4.43. The van der Waals surface area contributed by atoms with Crippen molar-refractivity contribution < 1.29 is 0 Å². The maximum absolute atomic E-state index is 4.43. The molecule has 6 heteroatoms. The van der Waals surface area contributed by atoms with Gasteiger partial charge in [-0.05, 0) is 17.7 Å². The standard InChI is InChI=1S/C10H14N4S2/c1-11-10-13-8(12-4-6-15-2)7-3-5-16-9(7)14-10/h3,5H,4,6H2,1-2H3,(H2,11,12,13,14). The first kappa shape index (κ1) is 11.5. The summed E-state index contributed by atoms with van der Waals surface area (Å²) in [5, 5.41) is 9.47. The van der Waals surface area contributed by atoms with E-state index in [2.05, 4.69) is 32.9 Å². The lowest BCUT2D eigenvalue weighted by molar-refractivity contribution is 1.15. The van der Waals surface area contributed by atoms with Crippen LogP contribution in [0.1, 0.15) is 0 Å². The minimum Gasteiger partial charge on any atom is -0.369 e. The zero-order chi connectivity index (χ0) is 11.4. The molecule has 0 saturated carbocycles. The topological polar surface area (TPSA) is 49.8 Å². The van der Waals surface area contributed by atoms with Crippen LogP contribution < -0.4 is 10.6 Å². The van der Waals surface area contributed by atoms with Crippen LogP contribution in [0.3, 0.4) is 0 Å². The normalized spacial score (nSPS) is 10.6. The molecule has 4 nitrogen and oxygen atoms in total. The Kier molecular flexibility index (Phi) is 3.84. The second-order valence-electron chi connectivity index (χ2n) is 3.20. The number of hydrogen-bond acceptors (Lipinski definition) is 6. The monoisotopic (exact) mass is 254 g/mol. The van der Waals surface area contributed by atoms with Gasteiger partial charge < -0.3 is 10.6 Å². The molecule has 86 valence electrons. The van der Waals surface area contributed by atoms with E-state index in [1.165, 1.54) is 0 Å². The molecule has 0 bridgehead atoms. The number of nitrogens with zero attached hydrogens (tertiary/aromatic N) is 2. The molecule has 2 aromatic heterocycles. The lowest BCUT2D eigenvalue weighted by atomic mass is 10.4. The number of thioether (sulfide) groups is 1. The molecule has 2 heterocycles. The predicted octanol–water partition coefficient (Wildman–Crippen LogP) is 2.51. The summed E-state index contributed by atoms with van der Waals surface area (Å²) in [4.78, 5) is 9.84. The SMILES string of the molecule is CNc1nc(NCCSC)c2ccsc2n1. The number of hydrogen-bond donors (Lipinski definition) is 2. The van der Waals surface area contributed by atoms with Crippen LogP contribution in [-0.4, -0.2) is 35.6 Å². The molecule has 16 heavy (non-hydrogen) atoms. The molecule has 0 saturated heterocycles. The molecule has 0 fully saturated rings. The molecule has 0 unspecified atom stereocenters. The number of aromatic nitrogens is 2. The number of nitrogens with one attached hydrogen (secondary N) is 2. The van der Waals surface area contributed by atoms with E-state index in [-0.39, 0.29) is 0 Å². The van der Waals surface area contributed by atoms with Crippen LogP contribution in [0.25, 0.3) is 10.2 Å². The lowest BCUT2D eigenvalue weighted by Gasteiger charge is -2.07. The van der Waals surface area contributed by atoms with E-state index in [0.29, 0.717) is 5.95 Å². The Hall–Kier alpha value is -1.01. The van der Waals surface area contributed by atoms with Crippen LogP contribution in [-0.2, 0) is 0 Å². The Morgan fingerprint density at radius 1 is 1.44 bits per heavy atom. The van der Waals surface area contributed by atoms with Gasteiger partial charge in [-0.15, -0.1) is 11.3 Å². The van der Waals surface area contributed by atoms with Gasteiger partial charge >= 0.3 is 0 Å². The van der Waals surface area contributed by atoms with E-state index in [1.807, 2.05) is 24.2 Å². The second-order valence-corrected chi connectivity index (χ2v) is 5.08. The Balaban J connectivity index is 2.29. The number of thiophene rings is 1. The third kappa shape index (κ3) is 2.38. The molecule has 2 N–H and O–H groups in total. The summed E-state index contributed by atoms with van der Waals surface area (Å²) in [7, 11) is 1.83. The minimum atomic E-state index is 0.668. The van der Waals surface area contributed by atoms with Crippen molar-refractivity contribution in [2.24, 2.45) is 0 Å². The molecule has 2 aromatic rings. The van der Waals surface area contributed by atoms with Crippen LogP contribution in [0.5, 0.6) is 0 Å². The Morgan fingerprint density at radius 3 is 3.06 bits per heavy atom. The highest BCUT2D eigenvalue weighted by Crippen LogP contribution is 2.26. The summed E-state index contributed by atoms with van der Waals surface area (Å²) < 4.78 is 0. The quantitative estimate of drug-likeness (QED) is 0.803. The summed E-state index contributed by atoms with van der Waals surface area (Å²) in [6, 6.07) is 2.06. The Labute approximate surface area is 103 Å². The number of anilines is 2. The molecular formula is C10H14N4S2. The van der Waals surface area contributed by atoms with Crippen molar-refractivity contribution in [1.82, 2.24) is 9.97 Å². The lowest BCUT2D eigenvalue weighted by Crippen LogP contribution is -2.07. The van der Waals surface area contributed by atoms with Crippen molar-refractivity contribution in [2.45, 2.75) is 0 Å². The average molecular weight is 254 g/mol. The van der Waals surface area contributed by atoms with Gasteiger partial charge in [-0.2, -0.15) is 16.7 Å². The molecule has 0 atom stereocenters. The predicted molar refractivity (Wildman–Crippen MR) is 73.8 cm³/mol. The van der Waals surface area contributed by atoms with Gasteiger partial charge in [0.2, 0.25) is 5.95 Å². The first-order chi connectivity index (χ1) is 7.85. The summed E-state index contributed by atoms with van der Waals surface area (Å²) in [5.74, 6) is 2.66. The third-order valence-corrected chi connectivity index (χ3v) is 3.57. The van der Waals surface area contributed by atoms with E-state index in [4.69, 9.17) is 0 Å². The van der Waals surface area contributed by atoms with E-state index in [9.17, 15) is 0 Å². The van der Waals surface area contributed by atoms with Gasteiger partial charge in [0.05, 0.1) is 5.39 Å². The molecule has 0 aliphatic rings. The van der Waals surface area contributed by atoms with Crippen LogP contribution >= 0.6 is 23.1 Å². The van der Waals surface area contributed by atoms with Gasteiger partial charge in [0, 0.05) is 19.3 Å². The van der Waals surface area contributed by atoms with Crippen molar-refractivity contribution in [1.29, 1.82) is 0 Å². The van der Waals surface area contributed by atoms with E-state index < -0.39 is 0 Å². The van der Waals surface area contributed by atoms with Gasteiger partial charge in [-0.3, -0.25) is 0 Å². The Morgan fingerprint density at radius 2 is 2.31 bits per heavy atom. The van der Waals surface area contributed by atoms with E-state index >= 15 is 0 Å². The number of fused-ring (bicyclic) bond motifs is 1. The minimum absolute atomic E-state index is 0.668. The highest BCUT2D eigenvalue weighted by Gasteiger charge is 2.07. The van der Waals surface area contributed by atoms with Crippen LogP contribution in [0.15, 0.2) is 11.4 Å². The first-order valence-corrected chi connectivity index (χ1v) is 7.28. The fraction of sp³-hybridized carbons (Fsp3) is 0.400. The summed E-state index contributed by atoms with van der Waals surface area (Å²) in [6.07, 6.45) is 2.10. The van der Waals surface area contributed by atoms with Gasteiger partial charge in [0.15, 0.2) is 0 Å². The van der Waals surface area contributed by atoms with Gasteiger partial charge in [0.1, 0.15) is 10.6 Å². The largest absolute Gasteiger partial charge is 0.369 e. The molecule has 0 spiro atoms. The van der Waals surface area contributed by atoms with Crippen molar-refractivity contribution in [2.75, 3.05) is 36.2 Å². The molecule has 0 amide bonds. The highest BCUT2D eigenvalue weighted by atomic mass is 32.2. The van der Waals surface area contributed by atoms with Crippen molar-refractivity contribution >= 4 is 45.1 Å². The van der Waals surface area contributed by atoms with Gasteiger partial charge in [0.25, 0.3) is 0 Å². The van der Waals surface area contributed by atoms with Crippen molar-refractivity contribution in [3.8, 4) is 0 Å². The Bertz CT molecular complexity index is 469. The first-order valence-electron chi connectivity index (χ1n) is 5.01. The van der Waals surface area contributed by atoms with Gasteiger partial charge in [-0.25, -0.2) is 4.98 Å². The molecule has 2 rings (SSSR count).